The highest BCUT2D eigenvalue weighted by molar-refractivity contribution is 5.94. The van der Waals surface area contributed by atoms with E-state index in [1.165, 1.54) is 6.08 Å². The van der Waals surface area contributed by atoms with Gasteiger partial charge >= 0.3 is 0 Å². The van der Waals surface area contributed by atoms with Crippen LogP contribution in [0.3, 0.4) is 0 Å². The van der Waals surface area contributed by atoms with Crippen LogP contribution in [-0.2, 0) is 14.4 Å². The van der Waals surface area contributed by atoms with E-state index in [4.69, 9.17) is 0 Å². The number of amides is 3. The van der Waals surface area contributed by atoms with E-state index in [1.54, 1.807) is 22.9 Å². The highest BCUT2D eigenvalue weighted by Gasteiger charge is 2.65. The summed E-state index contributed by atoms with van der Waals surface area (Å²) in [5, 5.41) is 2.86. The molecule has 1 heterocycles. The van der Waals surface area contributed by atoms with Crippen molar-refractivity contribution in [1.29, 1.82) is 0 Å². The molecule has 1 saturated heterocycles. The van der Waals surface area contributed by atoms with E-state index in [9.17, 15) is 18.8 Å². The molecule has 1 aromatic carbocycles. The third-order valence-electron chi connectivity index (χ3n) is 7.55. The molecule has 0 bridgehead atoms. The summed E-state index contributed by atoms with van der Waals surface area (Å²) in [5.74, 6) is -1.11. The first-order chi connectivity index (χ1) is 16.8. The monoisotopic (exact) mass is 482 g/mol. The Kier molecular flexibility index (Phi) is 7.28. The van der Waals surface area contributed by atoms with Crippen LogP contribution in [0.2, 0.25) is 0 Å². The lowest BCUT2D eigenvalue weighted by Crippen LogP contribution is -2.53. The van der Waals surface area contributed by atoms with Crippen LogP contribution in [0, 0.1) is 11.3 Å². The van der Waals surface area contributed by atoms with Gasteiger partial charge in [0.25, 0.3) is 0 Å². The molecule has 4 rings (SSSR count). The Morgan fingerprint density at radius 2 is 1.91 bits per heavy atom. The van der Waals surface area contributed by atoms with E-state index >= 15 is 0 Å². The third-order valence-corrected chi connectivity index (χ3v) is 7.55. The topological polar surface area (TPSA) is 73.0 Å². The van der Waals surface area contributed by atoms with Crippen LogP contribution in [0.1, 0.15) is 39.5 Å². The molecule has 35 heavy (non-hydrogen) atoms. The van der Waals surface area contributed by atoms with Crippen LogP contribution in [0.25, 0.3) is 0 Å². The normalized spacial score (nSPS) is 25.8. The van der Waals surface area contributed by atoms with Crippen molar-refractivity contribution in [3.8, 4) is 0 Å². The number of hydrogen-bond donors (Lipinski definition) is 1. The van der Waals surface area contributed by atoms with Gasteiger partial charge in [0.2, 0.25) is 17.7 Å². The summed E-state index contributed by atoms with van der Waals surface area (Å²) in [6.07, 6.45) is 4.85. The van der Waals surface area contributed by atoms with Gasteiger partial charge in [-0.15, -0.1) is 0 Å². The predicted octanol–water partition coefficient (Wildman–Crippen LogP) is 3.25. The van der Waals surface area contributed by atoms with Gasteiger partial charge in [-0.2, -0.15) is 0 Å². The second kappa shape index (κ2) is 10.2. The van der Waals surface area contributed by atoms with Gasteiger partial charge in [-0.05, 0) is 44.4 Å². The third kappa shape index (κ3) is 4.97. The van der Waals surface area contributed by atoms with E-state index in [2.05, 4.69) is 10.2 Å². The highest BCUT2D eigenvalue weighted by Crippen LogP contribution is 2.63. The molecular weight excluding hydrogens is 447 g/mol. The van der Waals surface area contributed by atoms with Crippen LogP contribution in [0.15, 0.2) is 53.9 Å². The van der Waals surface area contributed by atoms with Crippen LogP contribution in [0.5, 0.6) is 0 Å². The Hall–Kier alpha value is -3.16. The van der Waals surface area contributed by atoms with Crippen molar-refractivity contribution >= 4 is 23.4 Å². The van der Waals surface area contributed by atoms with E-state index in [-0.39, 0.29) is 17.7 Å². The largest absolute Gasteiger partial charge is 0.352 e. The molecule has 0 aromatic heterocycles. The summed E-state index contributed by atoms with van der Waals surface area (Å²) in [5.41, 5.74) is 0.814. The number of anilines is 1. The van der Waals surface area contributed by atoms with Crippen molar-refractivity contribution < 1.29 is 18.8 Å². The number of carbonyl (C=O) groups excluding carboxylic acids is 3. The van der Waals surface area contributed by atoms with Crippen LogP contribution >= 0.6 is 0 Å². The lowest BCUT2D eigenvalue weighted by Gasteiger charge is -2.35. The summed E-state index contributed by atoms with van der Waals surface area (Å²) in [4.78, 5) is 44.8. The number of allylic oxidation sites excluding steroid dienone is 3. The molecular formula is C27H35FN4O3. The van der Waals surface area contributed by atoms with Crippen molar-refractivity contribution in [2.45, 2.75) is 45.6 Å². The van der Waals surface area contributed by atoms with Crippen LogP contribution in [-0.4, -0.2) is 66.9 Å². The second-order valence-electron chi connectivity index (χ2n) is 9.85. The first-order valence-corrected chi connectivity index (χ1v) is 12.5. The first kappa shape index (κ1) is 24.9. The predicted molar refractivity (Wildman–Crippen MR) is 133 cm³/mol. The van der Waals surface area contributed by atoms with Crippen molar-refractivity contribution in [3.63, 3.8) is 0 Å². The average Bonchev–Trinajstić information content (AvgIpc) is 3.64. The zero-order valence-corrected chi connectivity index (χ0v) is 20.8. The maximum atomic E-state index is 14.7. The molecule has 188 valence electrons. The average molecular weight is 483 g/mol. The van der Waals surface area contributed by atoms with Gasteiger partial charge in [0.05, 0.1) is 6.67 Å². The molecule has 3 aliphatic rings. The summed E-state index contributed by atoms with van der Waals surface area (Å²) in [6, 6.07) is 9.07. The van der Waals surface area contributed by atoms with E-state index in [0.29, 0.717) is 52.0 Å². The Balaban J connectivity index is 1.47. The Bertz CT molecular complexity index is 1040. The van der Waals surface area contributed by atoms with Gasteiger partial charge < -0.3 is 20.0 Å². The SMILES string of the molecule is CC[C@@H](NC(=O)C12CC1C(C)=CC=C2F)C(=O)N1CCCC(=O)N(C)CN(c2ccccc2)CC1. The summed E-state index contributed by atoms with van der Waals surface area (Å²) in [7, 11) is 1.80. The fraction of sp³-hybridized carbons (Fsp3) is 0.519. The number of carbonyl (C=O) groups is 3. The van der Waals surface area contributed by atoms with Crippen molar-refractivity contribution in [1.82, 2.24) is 15.1 Å². The number of para-hydroxylation sites is 1. The number of halogens is 1. The van der Waals surface area contributed by atoms with Crippen molar-refractivity contribution in [2.75, 3.05) is 38.3 Å². The highest BCUT2D eigenvalue weighted by atomic mass is 19.1. The Labute approximate surface area is 206 Å². The number of fused-ring (bicyclic) bond motifs is 1. The van der Waals surface area contributed by atoms with Gasteiger partial charge in [-0.25, -0.2) is 4.39 Å². The number of nitrogens with one attached hydrogen (secondary N) is 1. The van der Waals surface area contributed by atoms with E-state index in [1.807, 2.05) is 44.2 Å². The fourth-order valence-electron chi connectivity index (χ4n) is 5.19. The zero-order chi connectivity index (χ0) is 25.2. The molecule has 3 atom stereocenters. The summed E-state index contributed by atoms with van der Waals surface area (Å²) in [6.45, 7) is 5.63. The molecule has 1 aliphatic heterocycles. The van der Waals surface area contributed by atoms with Crippen LogP contribution in [0.4, 0.5) is 10.1 Å². The minimum atomic E-state index is -1.15. The molecule has 0 radical (unpaired) electrons. The molecule has 1 N–H and O–H groups in total. The summed E-state index contributed by atoms with van der Waals surface area (Å²) < 4.78 is 14.7. The van der Waals surface area contributed by atoms with Crippen molar-refractivity contribution in [2.24, 2.45) is 11.3 Å². The molecule has 2 aliphatic carbocycles. The van der Waals surface area contributed by atoms with E-state index < -0.39 is 23.2 Å². The number of benzene rings is 1. The molecule has 0 spiro atoms. The zero-order valence-electron chi connectivity index (χ0n) is 20.8. The van der Waals surface area contributed by atoms with Gasteiger partial charge in [0.15, 0.2) is 0 Å². The molecule has 7 nitrogen and oxygen atoms in total. The summed E-state index contributed by atoms with van der Waals surface area (Å²) >= 11 is 0. The maximum absolute atomic E-state index is 14.7. The fourth-order valence-corrected chi connectivity index (χ4v) is 5.19. The van der Waals surface area contributed by atoms with Gasteiger partial charge in [-0.1, -0.05) is 36.8 Å². The minimum Gasteiger partial charge on any atom is -0.352 e. The standard InChI is InChI=1S/C27H35FN4O3/c1-4-22(29-26(35)27-17-21(27)19(2)12-13-23(27)28)25(34)31-14-8-11-24(33)30(3)18-32(16-15-31)20-9-6-5-7-10-20/h5-7,9-10,12-13,21-22H,4,8,11,14-18H2,1-3H3,(H,29,35)/t21?,22-,27?/m1/s1. The van der Waals surface area contributed by atoms with Crippen LogP contribution < -0.4 is 10.2 Å². The quantitative estimate of drug-likeness (QED) is 0.699. The lowest BCUT2D eigenvalue weighted by atomic mass is 9.92. The Morgan fingerprint density at radius 3 is 2.63 bits per heavy atom. The molecule has 8 heteroatoms. The Morgan fingerprint density at radius 1 is 1.17 bits per heavy atom. The van der Waals surface area contributed by atoms with E-state index in [0.717, 1.165) is 11.3 Å². The first-order valence-electron chi connectivity index (χ1n) is 12.5. The number of rotatable bonds is 5. The minimum absolute atomic E-state index is 0.0300. The molecule has 1 saturated carbocycles. The molecule has 1 aromatic rings. The second-order valence-corrected chi connectivity index (χ2v) is 9.85. The van der Waals surface area contributed by atoms with Gasteiger partial charge in [-0.3, -0.25) is 14.4 Å². The number of nitrogens with zero attached hydrogens (tertiary/aromatic N) is 3. The smallest absolute Gasteiger partial charge is 0.245 e. The van der Waals surface area contributed by atoms with Crippen molar-refractivity contribution in [3.05, 3.63) is 53.9 Å². The van der Waals surface area contributed by atoms with Gasteiger partial charge in [0.1, 0.15) is 17.3 Å². The number of hydrogen-bond acceptors (Lipinski definition) is 4. The lowest BCUT2D eigenvalue weighted by molar-refractivity contribution is -0.138. The van der Waals surface area contributed by atoms with Gasteiger partial charge in [0, 0.05) is 44.7 Å². The molecule has 2 fully saturated rings. The molecule has 2 unspecified atom stereocenters. The molecule has 3 amide bonds. The maximum Gasteiger partial charge on any atom is 0.245 e.